The fourth-order valence-corrected chi connectivity index (χ4v) is 2.85. The number of nitrogens with one attached hydrogen (secondary N) is 1. The van der Waals surface area contributed by atoms with Gasteiger partial charge in [0.05, 0.1) is 12.1 Å². The first-order valence-electron chi connectivity index (χ1n) is 7.55. The summed E-state index contributed by atoms with van der Waals surface area (Å²) < 4.78 is 7.30. The molecule has 1 N–H and O–H groups in total. The van der Waals surface area contributed by atoms with Crippen LogP contribution in [0.4, 0.5) is 0 Å². The zero-order chi connectivity index (χ0) is 17.1. The van der Waals surface area contributed by atoms with Crippen molar-refractivity contribution in [3.63, 3.8) is 0 Å². The second-order valence-corrected chi connectivity index (χ2v) is 5.73. The minimum absolute atomic E-state index is 0.340. The van der Waals surface area contributed by atoms with Crippen LogP contribution in [-0.4, -0.2) is 21.7 Å². The molecule has 1 aliphatic rings. The third-order valence-electron chi connectivity index (χ3n) is 4.08. The summed E-state index contributed by atoms with van der Waals surface area (Å²) in [5.74, 6) is 0. The number of aromatic nitrogens is 2. The summed E-state index contributed by atoms with van der Waals surface area (Å²) in [5, 5.41) is 3.81. The van der Waals surface area contributed by atoms with Gasteiger partial charge in [-0.05, 0) is 30.5 Å². The average molecular weight is 326 g/mol. The van der Waals surface area contributed by atoms with E-state index in [4.69, 9.17) is 10.3 Å². The van der Waals surface area contributed by atoms with Crippen molar-refractivity contribution in [3.8, 4) is 0 Å². The number of hydrogen-bond donors (Lipinski definition) is 1. The molecule has 1 saturated heterocycles. The summed E-state index contributed by atoms with van der Waals surface area (Å²) in [4.78, 5) is 28.7. The number of ether oxygens (including phenoxy) is 1. The van der Waals surface area contributed by atoms with Gasteiger partial charge in [0, 0.05) is 23.1 Å². The zero-order valence-electron chi connectivity index (χ0n) is 13.0. The maximum Gasteiger partial charge on any atom is 0.330 e. The Balaban J connectivity index is 1.87. The standard InChI is InChI=1S/C16H16N5O3/c1-10-9-21(16(23)18-15(10)22)14-8-12(19-20-17)13(24-14)7-11-5-3-2-4-6-11/h3-6,9,12-14H,7-8H2,1H3,(H,18,22,23)/t12-,13-,14-/m0/s1. The first-order valence-corrected chi connectivity index (χ1v) is 7.55. The van der Waals surface area contributed by atoms with E-state index in [9.17, 15) is 9.59 Å². The summed E-state index contributed by atoms with van der Waals surface area (Å²) in [6, 6.07) is 10.0. The van der Waals surface area contributed by atoms with Gasteiger partial charge in [0.25, 0.3) is 5.56 Å². The largest absolute Gasteiger partial charge is 0.354 e. The van der Waals surface area contributed by atoms with Crippen LogP contribution < -0.4 is 11.2 Å². The lowest BCUT2D eigenvalue weighted by Crippen LogP contribution is -2.33. The number of benzene rings is 1. The van der Waals surface area contributed by atoms with Gasteiger partial charge < -0.3 is 4.74 Å². The smallest absolute Gasteiger partial charge is 0.330 e. The Kier molecular flexibility index (Phi) is 4.50. The molecule has 3 rings (SSSR count). The maximum absolute atomic E-state index is 12.0. The van der Waals surface area contributed by atoms with Gasteiger partial charge in [-0.2, -0.15) is 0 Å². The summed E-state index contributed by atoms with van der Waals surface area (Å²) in [6.45, 7) is 1.62. The van der Waals surface area contributed by atoms with Crippen molar-refractivity contribution >= 4 is 0 Å². The summed E-state index contributed by atoms with van der Waals surface area (Å²) in [6.07, 6.45) is 1.49. The molecule has 1 aromatic carbocycles. The molecule has 0 amide bonds. The Bertz CT molecular complexity index is 883. The van der Waals surface area contributed by atoms with Gasteiger partial charge in [-0.3, -0.25) is 14.3 Å². The van der Waals surface area contributed by atoms with E-state index in [0.29, 0.717) is 18.4 Å². The second kappa shape index (κ2) is 6.74. The molecule has 1 aromatic heterocycles. The normalized spacial score (nSPS) is 23.0. The van der Waals surface area contributed by atoms with Crippen LogP contribution in [0.25, 0.3) is 10.4 Å². The van der Waals surface area contributed by atoms with E-state index in [-0.39, 0.29) is 12.1 Å². The fraction of sp³-hybridized carbons (Fsp3) is 0.375. The molecular formula is C16H16N5O3. The van der Waals surface area contributed by atoms with Crippen LogP contribution in [0.3, 0.4) is 0 Å². The Morgan fingerprint density at radius 2 is 2.21 bits per heavy atom. The van der Waals surface area contributed by atoms with Crippen molar-refractivity contribution < 1.29 is 4.74 Å². The Morgan fingerprint density at radius 1 is 1.46 bits per heavy atom. The monoisotopic (exact) mass is 326 g/mol. The fourth-order valence-electron chi connectivity index (χ4n) is 2.85. The summed E-state index contributed by atoms with van der Waals surface area (Å²) in [7, 11) is 0. The van der Waals surface area contributed by atoms with Crippen LogP contribution in [0.2, 0.25) is 0 Å². The number of hydrogen-bond acceptors (Lipinski definition) is 4. The van der Waals surface area contributed by atoms with Crippen LogP contribution in [0.5, 0.6) is 0 Å². The van der Waals surface area contributed by atoms with Crippen molar-refractivity contribution in [2.45, 2.75) is 38.1 Å². The van der Waals surface area contributed by atoms with E-state index >= 15 is 0 Å². The molecule has 0 spiro atoms. The molecule has 8 heteroatoms. The minimum atomic E-state index is -0.580. The zero-order valence-corrected chi connectivity index (χ0v) is 13.0. The third-order valence-corrected chi connectivity index (χ3v) is 4.08. The molecule has 0 unspecified atom stereocenters. The van der Waals surface area contributed by atoms with E-state index in [1.807, 2.05) is 12.1 Å². The van der Waals surface area contributed by atoms with Crippen LogP contribution in [0, 0.1) is 13.0 Å². The molecule has 0 saturated carbocycles. The highest BCUT2D eigenvalue weighted by molar-refractivity contribution is 5.16. The van der Waals surface area contributed by atoms with Crippen molar-refractivity contribution in [2.24, 2.45) is 5.11 Å². The number of rotatable bonds is 4. The van der Waals surface area contributed by atoms with Gasteiger partial charge >= 0.3 is 5.69 Å². The molecule has 1 aliphatic heterocycles. The lowest BCUT2D eigenvalue weighted by atomic mass is 10.0. The Morgan fingerprint density at radius 3 is 2.92 bits per heavy atom. The molecular weight excluding hydrogens is 310 g/mol. The van der Waals surface area contributed by atoms with E-state index in [0.717, 1.165) is 5.56 Å². The summed E-state index contributed by atoms with van der Waals surface area (Å²) in [5.41, 5.74) is 9.28. The molecule has 3 atom stereocenters. The van der Waals surface area contributed by atoms with Crippen molar-refractivity contribution in [3.05, 3.63) is 78.9 Å². The number of nitrogens with zero attached hydrogens (tertiary/aromatic N) is 4. The molecule has 24 heavy (non-hydrogen) atoms. The molecule has 0 aliphatic carbocycles. The second-order valence-electron chi connectivity index (χ2n) is 5.73. The number of aryl methyl sites for hydroxylation is 1. The number of H-pyrrole nitrogens is 1. The van der Waals surface area contributed by atoms with Gasteiger partial charge in [0.1, 0.15) is 6.23 Å². The van der Waals surface area contributed by atoms with E-state index in [2.05, 4.69) is 21.1 Å². The van der Waals surface area contributed by atoms with Crippen LogP contribution >= 0.6 is 0 Å². The van der Waals surface area contributed by atoms with E-state index in [1.165, 1.54) is 10.8 Å². The predicted molar refractivity (Wildman–Crippen MR) is 86.5 cm³/mol. The molecule has 2 aromatic rings. The lowest BCUT2D eigenvalue weighted by Gasteiger charge is -2.16. The van der Waals surface area contributed by atoms with Crippen LogP contribution in [-0.2, 0) is 11.2 Å². The maximum atomic E-state index is 12.0. The molecule has 1 fully saturated rings. The lowest BCUT2D eigenvalue weighted by molar-refractivity contribution is -0.00235. The first-order chi connectivity index (χ1) is 11.6. The van der Waals surface area contributed by atoms with E-state index in [1.54, 1.807) is 19.1 Å². The molecule has 123 valence electrons. The van der Waals surface area contributed by atoms with Gasteiger partial charge in [0.2, 0.25) is 0 Å². The highest BCUT2D eigenvalue weighted by atomic mass is 16.5. The van der Waals surface area contributed by atoms with Crippen LogP contribution in [0.15, 0.2) is 45.2 Å². The van der Waals surface area contributed by atoms with Gasteiger partial charge in [0.15, 0.2) is 0 Å². The number of aromatic amines is 1. The van der Waals surface area contributed by atoms with E-state index < -0.39 is 17.5 Å². The highest BCUT2D eigenvalue weighted by Gasteiger charge is 2.36. The topological polar surface area (TPSA) is 113 Å². The molecule has 1 radical (unpaired) electrons. The molecule has 0 bridgehead atoms. The van der Waals surface area contributed by atoms with Gasteiger partial charge in [-0.15, -0.1) is 0 Å². The minimum Gasteiger partial charge on any atom is -0.354 e. The number of azide groups is 1. The van der Waals surface area contributed by atoms with Crippen molar-refractivity contribution in [2.75, 3.05) is 0 Å². The van der Waals surface area contributed by atoms with Crippen molar-refractivity contribution in [1.29, 1.82) is 0 Å². The van der Waals surface area contributed by atoms with Gasteiger partial charge in [-0.1, -0.05) is 29.4 Å². The molecule has 8 nitrogen and oxygen atoms in total. The van der Waals surface area contributed by atoms with Crippen molar-refractivity contribution in [1.82, 2.24) is 9.55 Å². The van der Waals surface area contributed by atoms with Gasteiger partial charge in [-0.25, -0.2) is 4.79 Å². The Labute approximate surface area is 137 Å². The predicted octanol–water partition coefficient (Wildman–Crippen LogP) is 1.85. The molecule has 2 heterocycles. The quantitative estimate of drug-likeness (QED) is 0.525. The first kappa shape index (κ1) is 16.0. The SMILES string of the molecule is Cc1cn([C@@H]2C[C@H](N=[N+]=[N-])[C@H](Cc3cc[c]cc3)O2)c(=O)[nH]c1=O. The highest BCUT2D eigenvalue weighted by Crippen LogP contribution is 2.32. The van der Waals surface area contributed by atoms with Crippen LogP contribution in [0.1, 0.15) is 23.8 Å². The summed E-state index contributed by atoms with van der Waals surface area (Å²) >= 11 is 0. The Hall–Kier alpha value is -2.83. The average Bonchev–Trinajstić information content (AvgIpc) is 2.95. The third kappa shape index (κ3) is 3.24.